The average Bonchev–Trinajstić information content (AvgIpc) is 2.57. The van der Waals surface area contributed by atoms with Crippen LogP contribution in [0, 0.1) is 12.3 Å². The highest BCUT2D eigenvalue weighted by Crippen LogP contribution is 2.19. The molecular formula is C10H13NO4. The van der Waals surface area contributed by atoms with Crippen LogP contribution in [0.2, 0.25) is 0 Å². The Balaban J connectivity index is 2.63. The number of aliphatic carboxylic acids is 1. The smallest absolute Gasteiger partial charge is 0.326 e. The second kappa shape index (κ2) is 4.80. The summed E-state index contributed by atoms with van der Waals surface area (Å²) in [6, 6.07) is -0.912. The molecule has 2 atom stereocenters. The van der Waals surface area contributed by atoms with Crippen LogP contribution < -0.4 is 0 Å². The minimum Gasteiger partial charge on any atom is -0.480 e. The first-order valence-corrected chi connectivity index (χ1v) is 4.70. The zero-order valence-electron chi connectivity index (χ0n) is 8.22. The van der Waals surface area contributed by atoms with Crippen LogP contribution in [0.4, 0.5) is 0 Å². The average molecular weight is 211 g/mol. The van der Waals surface area contributed by atoms with Gasteiger partial charge >= 0.3 is 5.97 Å². The third kappa shape index (κ3) is 2.70. The SMILES string of the molecule is C#CCCC(=O)N1C[C@@H](O)C[C@H]1C(=O)O. The Kier molecular flexibility index (Phi) is 3.69. The van der Waals surface area contributed by atoms with E-state index in [-0.39, 0.29) is 31.7 Å². The molecule has 15 heavy (non-hydrogen) atoms. The molecule has 0 aromatic rings. The van der Waals surface area contributed by atoms with Crippen molar-refractivity contribution in [2.45, 2.75) is 31.4 Å². The number of hydrogen-bond acceptors (Lipinski definition) is 3. The molecule has 1 fully saturated rings. The summed E-state index contributed by atoms with van der Waals surface area (Å²) >= 11 is 0. The van der Waals surface area contributed by atoms with Gasteiger partial charge in [0.05, 0.1) is 6.10 Å². The molecule has 0 aromatic heterocycles. The van der Waals surface area contributed by atoms with Crippen molar-refractivity contribution in [2.24, 2.45) is 0 Å². The van der Waals surface area contributed by atoms with Crippen LogP contribution in [0.1, 0.15) is 19.3 Å². The number of carbonyl (C=O) groups is 2. The number of likely N-dealkylation sites (tertiary alicyclic amines) is 1. The molecular weight excluding hydrogens is 198 g/mol. The quantitative estimate of drug-likeness (QED) is 0.614. The number of aliphatic hydroxyl groups excluding tert-OH is 1. The Bertz CT molecular complexity index is 307. The van der Waals surface area contributed by atoms with Gasteiger partial charge in [0, 0.05) is 25.8 Å². The van der Waals surface area contributed by atoms with Crippen LogP contribution in [0.25, 0.3) is 0 Å². The molecule has 1 heterocycles. The lowest BCUT2D eigenvalue weighted by Gasteiger charge is -2.20. The summed E-state index contributed by atoms with van der Waals surface area (Å²) in [6.07, 6.45) is 4.78. The lowest BCUT2D eigenvalue weighted by Crippen LogP contribution is -2.40. The van der Waals surface area contributed by atoms with E-state index in [0.717, 1.165) is 0 Å². The van der Waals surface area contributed by atoms with E-state index < -0.39 is 18.1 Å². The normalized spacial score (nSPS) is 24.9. The molecule has 0 bridgehead atoms. The van der Waals surface area contributed by atoms with Crippen molar-refractivity contribution in [3.63, 3.8) is 0 Å². The highest BCUT2D eigenvalue weighted by atomic mass is 16.4. The van der Waals surface area contributed by atoms with Crippen LogP contribution in [0.3, 0.4) is 0 Å². The number of β-amino-alcohol motifs (C(OH)–C–C–N with tert-alkyl or cyclic N) is 1. The van der Waals surface area contributed by atoms with Crippen LogP contribution in [-0.2, 0) is 9.59 Å². The van der Waals surface area contributed by atoms with Crippen molar-refractivity contribution in [1.82, 2.24) is 4.90 Å². The van der Waals surface area contributed by atoms with Crippen LogP contribution in [0.15, 0.2) is 0 Å². The third-order valence-electron chi connectivity index (χ3n) is 2.37. The molecule has 0 radical (unpaired) electrons. The zero-order chi connectivity index (χ0) is 11.4. The number of rotatable bonds is 3. The fourth-order valence-electron chi connectivity index (χ4n) is 1.65. The summed E-state index contributed by atoms with van der Waals surface area (Å²) in [7, 11) is 0. The Morgan fingerprint density at radius 3 is 2.73 bits per heavy atom. The van der Waals surface area contributed by atoms with E-state index in [0.29, 0.717) is 0 Å². The van der Waals surface area contributed by atoms with E-state index in [2.05, 4.69) is 5.92 Å². The molecule has 0 unspecified atom stereocenters. The van der Waals surface area contributed by atoms with Crippen molar-refractivity contribution in [3.8, 4) is 12.3 Å². The molecule has 82 valence electrons. The van der Waals surface area contributed by atoms with Gasteiger partial charge in [0.2, 0.25) is 5.91 Å². The standard InChI is InChI=1S/C10H13NO4/c1-2-3-4-9(13)11-6-7(12)5-8(11)10(14)15/h1,7-8,12H,3-6H2,(H,14,15)/t7-,8-/m0/s1. The van der Waals surface area contributed by atoms with E-state index in [4.69, 9.17) is 11.5 Å². The number of carboxylic acid groups (broad SMARTS) is 1. The van der Waals surface area contributed by atoms with Gasteiger partial charge in [-0.25, -0.2) is 4.79 Å². The number of carbonyl (C=O) groups excluding carboxylic acids is 1. The first kappa shape index (κ1) is 11.5. The summed E-state index contributed by atoms with van der Waals surface area (Å²) in [5, 5.41) is 18.1. The maximum absolute atomic E-state index is 11.5. The molecule has 5 heteroatoms. The third-order valence-corrected chi connectivity index (χ3v) is 2.37. The minimum absolute atomic E-state index is 0.0837. The number of aliphatic hydroxyl groups is 1. The number of carboxylic acids is 1. The molecule has 1 rings (SSSR count). The molecule has 1 aliphatic rings. The monoisotopic (exact) mass is 211 g/mol. The summed E-state index contributed by atoms with van der Waals surface area (Å²) in [5.74, 6) is 0.929. The van der Waals surface area contributed by atoms with Crippen molar-refractivity contribution in [1.29, 1.82) is 0 Å². The Morgan fingerprint density at radius 2 is 2.20 bits per heavy atom. The Morgan fingerprint density at radius 1 is 1.53 bits per heavy atom. The van der Waals surface area contributed by atoms with Crippen LogP contribution in [0.5, 0.6) is 0 Å². The van der Waals surface area contributed by atoms with Crippen molar-refractivity contribution < 1.29 is 19.8 Å². The number of nitrogens with zero attached hydrogens (tertiary/aromatic N) is 1. The molecule has 0 aromatic carbocycles. The van der Waals surface area contributed by atoms with Gasteiger partial charge in [0.15, 0.2) is 0 Å². The highest BCUT2D eigenvalue weighted by molar-refractivity contribution is 5.84. The molecule has 1 amide bonds. The Hall–Kier alpha value is -1.54. The first-order chi connectivity index (χ1) is 7.06. The Labute approximate surface area is 87.7 Å². The predicted molar refractivity (Wildman–Crippen MR) is 51.8 cm³/mol. The van der Waals surface area contributed by atoms with Crippen molar-refractivity contribution in [3.05, 3.63) is 0 Å². The first-order valence-electron chi connectivity index (χ1n) is 4.70. The van der Waals surface area contributed by atoms with E-state index in [1.165, 1.54) is 4.90 Å². The van der Waals surface area contributed by atoms with Gasteiger partial charge in [-0.05, 0) is 0 Å². The number of terminal acetylenes is 1. The highest BCUT2D eigenvalue weighted by Gasteiger charge is 2.38. The molecule has 0 saturated carbocycles. The molecule has 2 N–H and O–H groups in total. The molecule has 0 aliphatic carbocycles. The molecule has 5 nitrogen and oxygen atoms in total. The van der Waals surface area contributed by atoms with Crippen molar-refractivity contribution >= 4 is 11.9 Å². The van der Waals surface area contributed by atoms with E-state index in [9.17, 15) is 14.7 Å². The van der Waals surface area contributed by atoms with Gasteiger partial charge < -0.3 is 15.1 Å². The van der Waals surface area contributed by atoms with E-state index >= 15 is 0 Å². The van der Waals surface area contributed by atoms with Gasteiger partial charge in [0.25, 0.3) is 0 Å². The summed E-state index contributed by atoms with van der Waals surface area (Å²) < 4.78 is 0. The van der Waals surface area contributed by atoms with Gasteiger partial charge in [-0.15, -0.1) is 12.3 Å². The minimum atomic E-state index is -1.08. The van der Waals surface area contributed by atoms with Crippen LogP contribution >= 0.6 is 0 Å². The van der Waals surface area contributed by atoms with Gasteiger partial charge in [0.1, 0.15) is 6.04 Å². The predicted octanol–water partition coefficient (Wildman–Crippen LogP) is -0.554. The van der Waals surface area contributed by atoms with Gasteiger partial charge in [-0.2, -0.15) is 0 Å². The van der Waals surface area contributed by atoms with Gasteiger partial charge in [-0.3, -0.25) is 4.79 Å². The molecule has 0 spiro atoms. The van der Waals surface area contributed by atoms with Crippen LogP contribution in [-0.4, -0.2) is 45.7 Å². The lowest BCUT2D eigenvalue weighted by atomic mass is 10.2. The molecule has 1 saturated heterocycles. The fraction of sp³-hybridized carbons (Fsp3) is 0.600. The fourth-order valence-corrected chi connectivity index (χ4v) is 1.65. The second-order valence-corrected chi connectivity index (χ2v) is 3.49. The molecule has 1 aliphatic heterocycles. The summed E-state index contributed by atoms with van der Waals surface area (Å²) in [6.45, 7) is 0.0837. The van der Waals surface area contributed by atoms with E-state index in [1.807, 2.05) is 0 Å². The number of amides is 1. The maximum atomic E-state index is 11.5. The summed E-state index contributed by atoms with van der Waals surface area (Å²) in [4.78, 5) is 23.5. The van der Waals surface area contributed by atoms with Gasteiger partial charge in [-0.1, -0.05) is 0 Å². The zero-order valence-corrected chi connectivity index (χ0v) is 8.22. The lowest BCUT2D eigenvalue weighted by molar-refractivity contribution is -0.148. The van der Waals surface area contributed by atoms with Crippen molar-refractivity contribution in [2.75, 3.05) is 6.54 Å². The number of hydrogen-bond donors (Lipinski definition) is 2. The topological polar surface area (TPSA) is 77.8 Å². The second-order valence-electron chi connectivity index (χ2n) is 3.49. The van der Waals surface area contributed by atoms with E-state index in [1.54, 1.807) is 0 Å². The largest absolute Gasteiger partial charge is 0.480 e. The summed E-state index contributed by atoms with van der Waals surface area (Å²) in [5.41, 5.74) is 0. The maximum Gasteiger partial charge on any atom is 0.326 e.